The van der Waals surface area contributed by atoms with Crippen molar-refractivity contribution in [1.82, 2.24) is 0 Å². The predicted octanol–water partition coefficient (Wildman–Crippen LogP) is 2.13. The van der Waals surface area contributed by atoms with Crippen LogP contribution in [0.15, 0.2) is 54.6 Å². The van der Waals surface area contributed by atoms with Gasteiger partial charge in [0.25, 0.3) is 0 Å². The molecule has 3 rings (SSSR count). The molecule has 0 amide bonds. The second-order valence-electron chi connectivity index (χ2n) is 6.25. The van der Waals surface area contributed by atoms with Crippen molar-refractivity contribution in [1.29, 1.82) is 0 Å². The van der Waals surface area contributed by atoms with Gasteiger partial charge in [-0.05, 0) is 36.8 Å². The van der Waals surface area contributed by atoms with Gasteiger partial charge in [0, 0.05) is 0 Å². The minimum atomic E-state index is -1.23. The normalized spacial score (nSPS) is 28.5. The van der Waals surface area contributed by atoms with Crippen LogP contribution in [0.4, 0.5) is 0 Å². The zero-order valence-corrected chi connectivity index (χ0v) is 14.8. The Morgan fingerprint density at radius 3 is 2.23 bits per heavy atom. The van der Waals surface area contributed by atoms with E-state index in [1.165, 1.54) is 0 Å². The van der Waals surface area contributed by atoms with Crippen LogP contribution in [0.2, 0.25) is 0 Å². The van der Waals surface area contributed by atoms with Crippen molar-refractivity contribution in [3.63, 3.8) is 0 Å². The molecule has 1 saturated heterocycles. The van der Waals surface area contributed by atoms with Crippen molar-refractivity contribution < 1.29 is 29.2 Å². The number of benzene rings is 2. The van der Waals surface area contributed by atoms with Gasteiger partial charge in [0.2, 0.25) is 6.29 Å². The van der Waals surface area contributed by atoms with E-state index in [4.69, 9.17) is 18.9 Å². The van der Waals surface area contributed by atoms with Gasteiger partial charge >= 0.3 is 0 Å². The Balaban J connectivity index is 1.60. The van der Waals surface area contributed by atoms with Crippen LogP contribution in [-0.4, -0.2) is 48.0 Å². The van der Waals surface area contributed by atoms with Crippen LogP contribution in [-0.2, 0) is 16.1 Å². The SMILES string of the molecule is COc1ccc(O[C@H]2O[C@H](C)[C@@H](OCc3ccccc3)[C@H](O)[C@@H]2O)cc1. The maximum Gasteiger partial charge on any atom is 0.229 e. The third-order valence-electron chi connectivity index (χ3n) is 4.37. The molecule has 2 aromatic carbocycles. The van der Waals surface area contributed by atoms with E-state index in [2.05, 4.69) is 0 Å². The molecule has 2 N–H and O–H groups in total. The summed E-state index contributed by atoms with van der Waals surface area (Å²) >= 11 is 0. The number of hydrogen-bond acceptors (Lipinski definition) is 6. The van der Waals surface area contributed by atoms with Gasteiger partial charge in [-0.25, -0.2) is 0 Å². The minimum Gasteiger partial charge on any atom is -0.497 e. The largest absolute Gasteiger partial charge is 0.497 e. The van der Waals surface area contributed by atoms with Crippen molar-refractivity contribution in [3.05, 3.63) is 60.2 Å². The van der Waals surface area contributed by atoms with Gasteiger partial charge in [0.15, 0.2) is 0 Å². The molecule has 0 bridgehead atoms. The lowest BCUT2D eigenvalue weighted by molar-refractivity contribution is -0.278. The summed E-state index contributed by atoms with van der Waals surface area (Å²) in [5.74, 6) is 1.21. The number of aliphatic hydroxyl groups is 2. The van der Waals surface area contributed by atoms with Crippen molar-refractivity contribution in [2.45, 2.75) is 44.2 Å². The van der Waals surface area contributed by atoms with E-state index in [1.54, 1.807) is 38.3 Å². The standard InChI is InChI=1S/C20H24O6/c1-13-19(24-12-14-6-4-3-5-7-14)17(21)18(22)20(25-13)26-16-10-8-15(23-2)9-11-16/h3-11,13,17-22H,12H2,1-2H3/t13-,17-,18+,19-,20-/m1/s1. The molecule has 6 nitrogen and oxygen atoms in total. The van der Waals surface area contributed by atoms with Crippen LogP contribution in [0, 0.1) is 0 Å². The van der Waals surface area contributed by atoms with E-state index in [0.29, 0.717) is 18.1 Å². The third kappa shape index (κ3) is 4.34. The summed E-state index contributed by atoms with van der Waals surface area (Å²) in [6, 6.07) is 16.6. The first kappa shape index (κ1) is 18.7. The number of hydrogen-bond donors (Lipinski definition) is 2. The van der Waals surface area contributed by atoms with E-state index >= 15 is 0 Å². The minimum absolute atomic E-state index is 0.326. The first-order chi connectivity index (χ1) is 12.6. The van der Waals surface area contributed by atoms with Crippen molar-refractivity contribution >= 4 is 0 Å². The Bertz CT molecular complexity index is 674. The molecule has 0 radical (unpaired) electrons. The molecule has 26 heavy (non-hydrogen) atoms. The maximum absolute atomic E-state index is 10.5. The molecule has 140 valence electrons. The van der Waals surface area contributed by atoms with Crippen LogP contribution in [0.25, 0.3) is 0 Å². The Kier molecular flexibility index (Phi) is 6.11. The summed E-state index contributed by atoms with van der Waals surface area (Å²) < 4.78 is 22.3. The molecule has 0 spiro atoms. The fourth-order valence-electron chi connectivity index (χ4n) is 2.89. The van der Waals surface area contributed by atoms with Crippen LogP contribution in [0.5, 0.6) is 11.5 Å². The Labute approximate surface area is 152 Å². The highest BCUT2D eigenvalue weighted by molar-refractivity contribution is 5.31. The van der Waals surface area contributed by atoms with Gasteiger partial charge in [-0.3, -0.25) is 0 Å². The van der Waals surface area contributed by atoms with Gasteiger partial charge in [-0.1, -0.05) is 30.3 Å². The first-order valence-electron chi connectivity index (χ1n) is 8.56. The van der Waals surface area contributed by atoms with Gasteiger partial charge in [-0.2, -0.15) is 0 Å². The first-order valence-corrected chi connectivity index (χ1v) is 8.56. The van der Waals surface area contributed by atoms with Crippen LogP contribution < -0.4 is 9.47 Å². The molecule has 1 fully saturated rings. The summed E-state index contributed by atoms with van der Waals surface area (Å²) in [5, 5.41) is 20.8. The summed E-state index contributed by atoms with van der Waals surface area (Å²) in [5.41, 5.74) is 0.984. The summed E-state index contributed by atoms with van der Waals surface area (Å²) in [7, 11) is 1.58. The van der Waals surface area contributed by atoms with Gasteiger partial charge in [-0.15, -0.1) is 0 Å². The molecular formula is C20H24O6. The summed E-state index contributed by atoms with van der Waals surface area (Å²) in [6.45, 7) is 2.11. The van der Waals surface area contributed by atoms with E-state index in [0.717, 1.165) is 5.56 Å². The summed E-state index contributed by atoms with van der Waals surface area (Å²) in [4.78, 5) is 0. The zero-order chi connectivity index (χ0) is 18.5. The molecule has 1 aliphatic rings. The molecule has 5 atom stereocenters. The van der Waals surface area contributed by atoms with Gasteiger partial charge in [0.1, 0.15) is 29.8 Å². The molecule has 6 heteroatoms. The maximum atomic E-state index is 10.5. The monoisotopic (exact) mass is 360 g/mol. The quantitative estimate of drug-likeness (QED) is 0.822. The zero-order valence-electron chi connectivity index (χ0n) is 14.8. The van der Waals surface area contributed by atoms with Gasteiger partial charge in [0.05, 0.1) is 19.8 Å². The molecule has 1 heterocycles. The Morgan fingerprint density at radius 1 is 0.923 bits per heavy atom. The number of ether oxygens (including phenoxy) is 4. The molecule has 0 unspecified atom stereocenters. The Morgan fingerprint density at radius 2 is 1.58 bits per heavy atom. The van der Waals surface area contributed by atoms with E-state index in [-0.39, 0.29) is 0 Å². The van der Waals surface area contributed by atoms with E-state index < -0.39 is 30.7 Å². The van der Waals surface area contributed by atoms with Crippen LogP contribution in [0.1, 0.15) is 12.5 Å². The fraction of sp³-hybridized carbons (Fsp3) is 0.400. The summed E-state index contributed by atoms with van der Waals surface area (Å²) in [6.07, 6.45) is -4.42. The second-order valence-corrected chi connectivity index (χ2v) is 6.25. The van der Waals surface area contributed by atoms with Crippen LogP contribution in [0.3, 0.4) is 0 Å². The molecule has 2 aromatic rings. The second kappa shape index (κ2) is 8.51. The number of aliphatic hydroxyl groups excluding tert-OH is 2. The highest BCUT2D eigenvalue weighted by Gasteiger charge is 2.44. The topological polar surface area (TPSA) is 77.4 Å². The molecule has 0 aliphatic carbocycles. The fourth-order valence-corrected chi connectivity index (χ4v) is 2.89. The molecule has 0 aromatic heterocycles. The smallest absolute Gasteiger partial charge is 0.229 e. The average molecular weight is 360 g/mol. The Hall–Kier alpha value is -2.12. The average Bonchev–Trinajstić information content (AvgIpc) is 2.67. The van der Waals surface area contributed by atoms with Gasteiger partial charge < -0.3 is 29.2 Å². The van der Waals surface area contributed by atoms with Crippen molar-refractivity contribution in [2.24, 2.45) is 0 Å². The van der Waals surface area contributed by atoms with Crippen molar-refractivity contribution in [3.8, 4) is 11.5 Å². The van der Waals surface area contributed by atoms with E-state index in [9.17, 15) is 10.2 Å². The molecular weight excluding hydrogens is 336 g/mol. The lowest BCUT2D eigenvalue weighted by Crippen LogP contribution is -2.59. The highest BCUT2D eigenvalue weighted by Crippen LogP contribution is 2.27. The number of methoxy groups -OCH3 is 1. The lowest BCUT2D eigenvalue weighted by Gasteiger charge is -2.41. The lowest BCUT2D eigenvalue weighted by atomic mass is 9.99. The van der Waals surface area contributed by atoms with Crippen molar-refractivity contribution in [2.75, 3.05) is 7.11 Å². The van der Waals surface area contributed by atoms with Crippen LogP contribution >= 0.6 is 0 Å². The predicted molar refractivity (Wildman–Crippen MR) is 95.0 cm³/mol. The highest BCUT2D eigenvalue weighted by atomic mass is 16.7. The molecule has 0 saturated carbocycles. The molecule has 1 aliphatic heterocycles. The third-order valence-corrected chi connectivity index (χ3v) is 4.37. The number of rotatable bonds is 6. The van der Waals surface area contributed by atoms with E-state index in [1.807, 2.05) is 30.3 Å².